The molecule has 0 unspecified atom stereocenters. The first kappa shape index (κ1) is 23.6. The lowest BCUT2D eigenvalue weighted by atomic mass is 9.90. The van der Waals surface area contributed by atoms with Crippen LogP contribution in [-0.4, -0.2) is 9.97 Å². The van der Waals surface area contributed by atoms with E-state index in [1.165, 1.54) is 10.8 Å². The van der Waals surface area contributed by atoms with Crippen molar-refractivity contribution in [2.75, 3.05) is 0 Å². The average Bonchev–Trinajstić information content (AvgIpc) is 3.66. The van der Waals surface area contributed by atoms with Crippen molar-refractivity contribution in [1.82, 2.24) is 9.97 Å². The summed E-state index contributed by atoms with van der Waals surface area (Å²) in [7, 11) is 0. The van der Waals surface area contributed by atoms with Gasteiger partial charge in [0.25, 0.3) is 0 Å². The van der Waals surface area contributed by atoms with E-state index in [0.29, 0.717) is 11.4 Å². The van der Waals surface area contributed by atoms with Gasteiger partial charge in [0.2, 0.25) is 0 Å². The quantitative estimate of drug-likeness (QED) is 0.201. The van der Waals surface area contributed by atoms with Crippen molar-refractivity contribution in [3.8, 4) is 33.8 Å². The van der Waals surface area contributed by atoms with E-state index in [2.05, 4.69) is 103 Å². The molecule has 0 saturated carbocycles. The van der Waals surface area contributed by atoms with Crippen molar-refractivity contribution in [2.45, 2.75) is 0 Å². The highest BCUT2D eigenvalue weighted by Gasteiger charge is 2.24. The second-order valence-corrected chi connectivity index (χ2v) is 11.3. The van der Waals surface area contributed by atoms with E-state index < -0.39 is 0 Å². The highest BCUT2D eigenvalue weighted by molar-refractivity contribution is 6.35. The van der Waals surface area contributed by atoms with Crippen LogP contribution < -0.4 is 0 Å². The number of nitrogens with zero attached hydrogens (tertiary/aromatic N) is 2. The van der Waals surface area contributed by atoms with Crippen LogP contribution in [-0.2, 0) is 0 Å². The number of furan rings is 2. The number of fused-ring (bicyclic) bond motifs is 6. The van der Waals surface area contributed by atoms with Crippen LogP contribution in [0.1, 0.15) is 0 Å². The summed E-state index contributed by atoms with van der Waals surface area (Å²) in [5, 5.41) is 7.87. The standard InChI is InChI=1S/C40H22N2O2/c1-3-10-23(11-4-1)25-18-20-31-30(22-25)38-39(44-31)37(41-40(42-38)24-12-5-2-6-13-24)29-19-21-33-36-34(29)27-15-8-7-14-26(27)28-16-9-17-32(43-33)35(28)36/h1-22H. The van der Waals surface area contributed by atoms with Crippen molar-refractivity contribution in [3.05, 3.63) is 133 Å². The van der Waals surface area contributed by atoms with E-state index >= 15 is 0 Å². The Kier molecular flexibility index (Phi) is 4.69. The molecular weight excluding hydrogens is 540 g/mol. The fourth-order valence-corrected chi connectivity index (χ4v) is 6.90. The largest absolute Gasteiger partial charge is 0.456 e. The maximum atomic E-state index is 6.66. The number of benzene rings is 7. The minimum Gasteiger partial charge on any atom is -0.456 e. The Hall–Kier alpha value is -6.00. The Labute approximate surface area is 251 Å². The Morgan fingerprint density at radius 3 is 1.93 bits per heavy atom. The molecule has 4 nitrogen and oxygen atoms in total. The fourth-order valence-electron chi connectivity index (χ4n) is 6.90. The zero-order valence-corrected chi connectivity index (χ0v) is 23.4. The molecule has 204 valence electrons. The molecule has 0 radical (unpaired) electrons. The molecule has 4 heteroatoms. The first-order chi connectivity index (χ1) is 21.8. The summed E-state index contributed by atoms with van der Waals surface area (Å²) in [6.45, 7) is 0. The lowest BCUT2D eigenvalue weighted by Crippen LogP contribution is -1.95. The van der Waals surface area contributed by atoms with Crippen LogP contribution in [0.3, 0.4) is 0 Å². The van der Waals surface area contributed by atoms with E-state index in [1.54, 1.807) is 0 Å². The van der Waals surface area contributed by atoms with E-state index in [1.807, 2.05) is 30.3 Å². The lowest BCUT2D eigenvalue weighted by Gasteiger charge is -2.13. The molecule has 3 heterocycles. The van der Waals surface area contributed by atoms with Crippen molar-refractivity contribution in [2.24, 2.45) is 0 Å². The Bertz CT molecular complexity index is 2700. The molecular formula is C40H22N2O2. The molecule has 0 fully saturated rings. The van der Waals surface area contributed by atoms with Crippen molar-refractivity contribution in [3.63, 3.8) is 0 Å². The van der Waals surface area contributed by atoms with Gasteiger partial charge in [0.15, 0.2) is 11.4 Å². The normalized spacial score (nSPS) is 12.1. The minimum atomic E-state index is 0.662. The highest BCUT2D eigenvalue weighted by atomic mass is 16.3. The van der Waals surface area contributed by atoms with Gasteiger partial charge in [0.05, 0.1) is 0 Å². The van der Waals surface area contributed by atoms with Crippen molar-refractivity contribution >= 4 is 65.6 Å². The van der Waals surface area contributed by atoms with Crippen LogP contribution >= 0.6 is 0 Å². The van der Waals surface area contributed by atoms with E-state index in [0.717, 1.165) is 77.1 Å². The van der Waals surface area contributed by atoms with Gasteiger partial charge in [-0.2, -0.15) is 0 Å². The van der Waals surface area contributed by atoms with Gasteiger partial charge in [-0.25, -0.2) is 9.97 Å². The smallest absolute Gasteiger partial charge is 0.180 e. The molecule has 0 bridgehead atoms. The van der Waals surface area contributed by atoms with Crippen LogP contribution in [0.25, 0.3) is 99.3 Å². The van der Waals surface area contributed by atoms with Crippen molar-refractivity contribution < 1.29 is 8.83 Å². The van der Waals surface area contributed by atoms with Gasteiger partial charge < -0.3 is 8.83 Å². The molecule has 0 N–H and O–H groups in total. The number of rotatable bonds is 3. The highest BCUT2D eigenvalue weighted by Crippen LogP contribution is 2.47. The summed E-state index contributed by atoms with van der Waals surface area (Å²) >= 11 is 0. The molecule has 0 spiro atoms. The van der Waals surface area contributed by atoms with Gasteiger partial charge in [-0.3, -0.25) is 0 Å². The average molecular weight is 563 g/mol. The van der Waals surface area contributed by atoms with E-state index in [4.69, 9.17) is 18.8 Å². The molecule has 10 aromatic rings. The molecule has 44 heavy (non-hydrogen) atoms. The first-order valence-electron chi connectivity index (χ1n) is 14.8. The SMILES string of the molecule is c1ccc(-c2ccc3oc4c(-c5ccc6oc7cccc8c9ccccc9c5c6c78)nc(-c5ccccc5)nc4c3c2)cc1. The second-order valence-electron chi connectivity index (χ2n) is 11.3. The summed E-state index contributed by atoms with van der Waals surface area (Å²) < 4.78 is 13.1. The van der Waals surface area contributed by atoms with Crippen LogP contribution in [0.5, 0.6) is 0 Å². The third kappa shape index (κ3) is 3.22. The zero-order chi connectivity index (χ0) is 28.8. The molecule has 0 atom stereocenters. The monoisotopic (exact) mass is 562 g/mol. The third-order valence-electron chi connectivity index (χ3n) is 8.86. The van der Waals surface area contributed by atoms with Gasteiger partial charge in [-0.1, -0.05) is 103 Å². The molecule has 10 rings (SSSR count). The number of aromatic nitrogens is 2. The predicted molar refractivity (Wildman–Crippen MR) is 179 cm³/mol. The Morgan fingerprint density at radius 1 is 0.409 bits per heavy atom. The number of hydrogen-bond donors (Lipinski definition) is 0. The Balaban J connectivity index is 1.37. The van der Waals surface area contributed by atoms with Crippen LogP contribution in [0.4, 0.5) is 0 Å². The van der Waals surface area contributed by atoms with Gasteiger partial charge >= 0.3 is 0 Å². The molecule has 0 aliphatic heterocycles. The van der Waals surface area contributed by atoms with Gasteiger partial charge in [0, 0.05) is 32.7 Å². The molecule has 3 aromatic heterocycles. The molecule has 0 aliphatic rings. The third-order valence-corrected chi connectivity index (χ3v) is 8.86. The first-order valence-corrected chi connectivity index (χ1v) is 14.8. The van der Waals surface area contributed by atoms with Crippen molar-refractivity contribution in [1.29, 1.82) is 0 Å². The molecule has 0 aliphatic carbocycles. The topological polar surface area (TPSA) is 52.1 Å². The fraction of sp³-hybridized carbons (Fsp3) is 0. The minimum absolute atomic E-state index is 0.662. The predicted octanol–water partition coefficient (Wildman–Crippen LogP) is 11.0. The lowest BCUT2D eigenvalue weighted by molar-refractivity contribution is 0.667. The van der Waals surface area contributed by atoms with Crippen LogP contribution in [0.15, 0.2) is 142 Å². The molecule has 0 amide bonds. The summed E-state index contributed by atoms with van der Waals surface area (Å²) in [6.07, 6.45) is 0. The van der Waals surface area contributed by atoms with Gasteiger partial charge in [0.1, 0.15) is 28.0 Å². The maximum Gasteiger partial charge on any atom is 0.180 e. The van der Waals surface area contributed by atoms with Gasteiger partial charge in [-0.05, 0) is 57.6 Å². The summed E-state index contributed by atoms with van der Waals surface area (Å²) in [5.41, 5.74) is 9.00. The van der Waals surface area contributed by atoms with Crippen LogP contribution in [0.2, 0.25) is 0 Å². The van der Waals surface area contributed by atoms with Crippen LogP contribution in [0, 0.1) is 0 Å². The van der Waals surface area contributed by atoms with E-state index in [9.17, 15) is 0 Å². The van der Waals surface area contributed by atoms with Gasteiger partial charge in [-0.15, -0.1) is 0 Å². The molecule has 0 saturated heterocycles. The Morgan fingerprint density at radius 2 is 1.09 bits per heavy atom. The summed E-state index contributed by atoms with van der Waals surface area (Å²) in [4.78, 5) is 10.4. The van der Waals surface area contributed by atoms with E-state index in [-0.39, 0.29) is 0 Å². The maximum absolute atomic E-state index is 6.66. The summed E-state index contributed by atoms with van der Waals surface area (Å²) in [6, 6.07) is 46.0. The summed E-state index contributed by atoms with van der Waals surface area (Å²) in [5.74, 6) is 0.662. The molecule has 7 aromatic carbocycles. The zero-order valence-electron chi connectivity index (χ0n) is 23.4. The number of hydrogen-bond acceptors (Lipinski definition) is 4. The second kappa shape index (κ2) is 8.76.